The third-order valence-electron chi connectivity index (χ3n) is 5.67. The van der Waals surface area contributed by atoms with Crippen LogP contribution in [0.2, 0.25) is 0 Å². The van der Waals surface area contributed by atoms with Crippen LogP contribution in [0.25, 0.3) is 5.69 Å². The third kappa shape index (κ3) is 3.06. The molecule has 1 saturated heterocycles. The Morgan fingerprint density at radius 2 is 1.84 bits per heavy atom. The lowest BCUT2D eigenvalue weighted by molar-refractivity contribution is -0.00777. The molecule has 1 aromatic carbocycles. The van der Waals surface area contributed by atoms with E-state index >= 15 is 0 Å². The van der Waals surface area contributed by atoms with Crippen molar-refractivity contribution in [1.82, 2.24) is 24.8 Å². The molecule has 1 aliphatic heterocycles. The highest BCUT2D eigenvalue weighted by Gasteiger charge is 2.43. The minimum absolute atomic E-state index is 0.0207. The quantitative estimate of drug-likeness (QED) is 0.843. The molecule has 2 aromatic rings. The fourth-order valence-electron chi connectivity index (χ4n) is 4.39. The molecule has 2 heterocycles. The molecule has 4 rings (SSSR count). The van der Waals surface area contributed by atoms with Crippen molar-refractivity contribution < 1.29 is 4.79 Å². The summed E-state index contributed by atoms with van der Waals surface area (Å²) in [4.78, 5) is 17.8. The summed E-state index contributed by atoms with van der Waals surface area (Å²) in [5.41, 5.74) is 1.70. The van der Waals surface area contributed by atoms with E-state index in [4.69, 9.17) is 0 Å². The van der Waals surface area contributed by atoms with E-state index in [1.807, 2.05) is 24.3 Å². The highest BCUT2D eigenvalue weighted by molar-refractivity contribution is 5.95. The topological polar surface area (TPSA) is 54.3 Å². The van der Waals surface area contributed by atoms with E-state index in [-0.39, 0.29) is 11.4 Å². The molecule has 2 aliphatic rings. The van der Waals surface area contributed by atoms with E-state index in [9.17, 15) is 4.79 Å². The van der Waals surface area contributed by atoms with Gasteiger partial charge in [-0.2, -0.15) is 0 Å². The third-order valence-corrected chi connectivity index (χ3v) is 5.67. The number of carbonyl (C=O) groups excluding carboxylic acids is 1. The molecular formula is C19H25N5O. The van der Waals surface area contributed by atoms with Crippen LogP contribution in [-0.4, -0.2) is 62.9 Å². The van der Waals surface area contributed by atoms with Crippen LogP contribution in [0.15, 0.2) is 36.7 Å². The largest absolute Gasteiger partial charge is 0.330 e. The standard InChI is InChI=1S/C19H25N5O/c1-22-13-14-23(19(15-22)9-3-2-4-10-19)18(25)16-5-7-17(8-6-16)24-12-11-20-21-24/h5-8,11-12H,2-4,9-10,13-15H2,1H3. The van der Waals surface area contributed by atoms with Gasteiger partial charge < -0.3 is 9.80 Å². The number of rotatable bonds is 2. The molecule has 2 fully saturated rings. The normalized spacial score (nSPS) is 20.8. The van der Waals surface area contributed by atoms with Crippen molar-refractivity contribution in [3.8, 4) is 5.69 Å². The first-order valence-corrected chi connectivity index (χ1v) is 9.15. The Morgan fingerprint density at radius 3 is 2.52 bits per heavy atom. The summed E-state index contributed by atoms with van der Waals surface area (Å²) in [7, 11) is 2.17. The van der Waals surface area contributed by atoms with Crippen LogP contribution >= 0.6 is 0 Å². The minimum Gasteiger partial charge on any atom is -0.330 e. The summed E-state index contributed by atoms with van der Waals surface area (Å²) in [6.07, 6.45) is 9.44. The van der Waals surface area contributed by atoms with Gasteiger partial charge in [0.25, 0.3) is 5.91 Å². The average molecular weight is 339 g/mol. The summed E-state index contributed by atoms with van der Waals surface area (Å²) in [6.45, 7) is 2.76. The first-order valence-electron chi connectivity index (χ1n) is 9.15. The number of hydrogen-bond donors (Lipinski definition) is 0. The molecule has 0 atom stereocenters. The first-order chi connectivity index (χ1) is 12.2. The van der Waals surface area contributed by atoms with Crippen LogP contribution in [0.4, 0.5) is 0 Å². The van der Waals surface area contributed by atoms with E-state index in [1.165, 1.54) is 19.3 Å². The molecule has 1 spiro atoms. The highest BCUT2D eigenvalue weighted by Crippen LogP contribution is 2.37. The van der Waals surface area contributed by atoms with Gasteiger partial charge in [0.15, 0.2) is 0 Å². The van der Waals surface area contributed by atoms with Crippen LogP contribution in [0, 0.1) is 0 Å². The second kappa shape index (κ2) is 6.59. The van der Waals surface area contributed by atoms with Gasteiger partial charge in [-0.25, -0.2) is 4.68 Å². The number of nitrogens with zero attached hydrogens (tertiary/aromatic N) is 5. The summed E-state index contributed by atoms with van der Waals surface area (Å²) in [5.74, 6) is 0.167. The number of carbonyl (C=O) groups is 1. The number of hydrogen-bond acceptors (Lipinski definition) is 4. The molecule has 132 valence electrons. The van der Waals surface area contributed by atoms with Crippen LogP contribution in [0.1, 0.15) is 42.5 Å². The lowest BCUT2D eigenvalue weighted by Gasteiger charge is -2.52. The van der Waals surface area contributed by atoms with Crippen LogP contribution < -0.4 is 0 Å². The summed E-state index contributed by atoms with van der Waals surface area (Å²) in [5, 5.41) is 7.82. The molecule has 1 aliphatic carbocycles. The molecule has 6 heteroatoms. The second-order valence-electron chi connectivity index (χ2n) is 7.37. The van der Waals surface area contributed by atoms with Crippen molar-refractivity contribution in [3.05, 3.63) is 42.2 Å². The molecule has 1 saturated carbocycles. The maximum Gasteiger partial charge on any atom is 0.254 e. The van der Waals surface area contributed by atoms with Gasteiger partial charge in [-0.15, -0.1) is 5.10 Å². The Hall–Kier alpha value is -2.21. The van der Waals surface area contributed by atoms with E-state index in [1.54, 1.807) is 17.1 Å². The first kappa shape index (κ1) is 16.3. The smallest absolute Gasteiger partial charge is 0.254 e. The van der Waals surface area contributed by atoms with E-state index in [0.717, 1.165) is 43.7 Å². The van der Waals surface area contributed by atoms with Gasteiger partial charge in [0, 0.05) is 25.2 Å². The predicted molar refractivity (Wildman–Crippen MR) is 95.7 cm³/mol. The van der Waals surface area contributed by atoms with Gasteiger partial charge in [-0.1, -0.05) is 24.5 Å². The molecule has 0 bridgehead atoms. The number of amides is 1. The van der Waals surface area contributed by atoms with Crippen LogP contribution in [-0.2, 0) is 0 Å². The zero-order chi connectivity index (χ0) is 17.3. The Kier molecular flexibility index (Phi) is 4.29. The van der Waals surface area contributed by atoms with E-state index < -0.39 is 0 Å². The van der Waals surface area contributed by atoms with Crippen molar-refractivity contribution >= 4 is 5.91 Å². The predicted octanol–water partition coefficient (Wildman–Crippen LogP) is 2.36. The fraction of sp³-hybridized carbons (Fsp3) is 0.526. The lowest BCUT2D eigenvalue weighted by Crippen LogP contribution is -2.63. The van der Waals surface area contributed by atoms with Crippen molar-refractivity contribution in [3.63, 3.8) is 0 Å². The fourth-order valence-corrected chi connectivity index (χ4v) is 4.39. The van der Waals surface area contributed by atoms with Gasteiger partial charge in [0.2, 0.25) is 0 Å². The molecule has 1 aromatic heterocycles. The van der Waals surface area contributed by atoms with Crippen LogP contribution in [0.5, 0.6) is 0 Å². The molecule has 1 amide bonds. The molecule has 25 heavy (non-hydrogen) atoms. The summed E-state index contributed by atoms with van der Waals surface area (Å²) >= 11 is 0. The summed E-state index contributed by atoms with van der Waals surface area (Å²) in [6, 6.07) is 7.69. The van der Waals surface area contributed by atoms with E-state index in [2.05, 4.69) is 27.2 Å². The number of benzene rings is 1. The summed E-state index contributed by atoms with van der Waals surface area (Å²) < 4.78 is 1.70. The molecular weight excluding hydrogens is 314 g/mol. The Labute approximate surface area is 148 Å². The van der Waals surface area contributed by atoms with Gasteiger partial charge in [-0.05, 0) is 44.2 Å². The maximum absolute atomic E-state index is 13.3. The zero-order valence-electron chi connectivity index (χ0n) is 14.8. The Morgan fingerprint density at radius 1 is 1.08 bits per heavy atom. The monoisotopic (exact) mass is 339 g/mol. The molecule has 0 N–H and O–H groups in total. The number of likely N-dealkylation sites (N-methyl/N-ethyl adjacent to an activating group) is 1. The highest BCUT2D eigenvalue weighted by atomic mass is 16.2. The van der Waals surface area contributed by atoms with Gasteiger partial charge in [0.05, 0.1) is 23.6 Å². The number of aromatic nitrogens is 3. The maximum atomic E-state index is 13.3. The Balaban J connectivity index is 1.58. The second-order valence-corrected chi connectivity index (χ2v) is 7.37. The van der Waals surface area contributed by atoms with Crippen molar-refractivity contribution in [2.75, 3.05) is 26.7 Å². The van der Waals surface area contributed by atoms with Crippen LogP contribution in [0.3, 0.4) is 0 Å². The van der Waals surface area contributed by atoms with Gasteiger partial charge in [0.1, 0.15) is 0 Å². The lowest BCUT2D eigenvalue weighted by atomic mass is 9.78. The average Bonchev–Trinajstić information content (AvgIpc) is 3.17. The van der Waals surface area contributed by atoms with Crippen molar-refractivity contribution in [2.45, 2.75) is 37.6 Å². The van der Waals surface area contributed by atoms with Gasteiger partial charge >= 0.3 is 0 Å². The van der Waals surface area contributed by atoms with Crippen molar-refractivity contribution in [1.29, 1.82) is 0 Å². The molecule has 0 unspecified atom stereocenters. The Bertz CT molecular complexity index is 719. The molecule has 0 radical (unpaired) electrons. The minimum atomic E-state index is 0.0207. The number of piperazine rings is 1. The molecule has 6 nitrogen and oxygen atoms in total. The zero-order valence-corrected chi connectivity index (χ0v) is 14.8. The van der Waals surface area contributed by atoms with Gasteiger partial charge in [-0.3, -0.25) is 4.79 Å². The van der Waals surface area contributed by atoms with Crippen molar-refractivity contribution in [2.24, 2.45) is 0 Å². The SMILES string of the molecule is CN1CCN(C(=O)c2ccc(-n3ccnn3)cc2)C2(CCCCC2)C1. The van der Waals surface area contributed by atoms with E-state index in [0.29, 0.717) is 0 Å².